The molecule has 0 saturated heterocycles. The third-order valence-corrected chi connectivity index (χ3v) is 5.03. The molecule has 0 heterocycles. The van der Waals surface area contributed by atoms with Gasteiger partial charge >= 0.3 is 0 Å². The molecular formula is C12H22BrClO. The third kappa shape index (κ3) is 4.62. The zero-order chi connectivity index (χ0) is 11.3. The number of alkyl halides is 2. The molecule has 1 rings (SSSR count). The molecule has 0 bridgehead atoms. The molecule has 0 aliphatic heterocycles. The van der Waals surface area contributed by atoms with Crippen LogP contribution in [0.4, 0.5) is 0 Å². The molecule has 90 valence electrons. The van der Waals surface area contributed by atoms with E-state index in [-0.39, 0.29) is 5.60 Å². The Bertz CT molecular complexity index is 182. The smallest absolute Gasteiger partial charge is 0.0885 e. The summed E-state index contributed by atoms with van der Waals surface area (Å²) in [6, 6.07) is 0. The molecular weight excluding hydrogens is 275 g/mol. The van der Waals surface area contributed by atoms with Gasteiger partial charge in [0.15, 0.2) is 0 Å². The molecule has 0 spiro atoms. The van der Waals surface area contributed by atoms with E-state index in [1.165, 1.54) is 25.7 Å². The van der Waals surface area contributed by atoms with E-state index in [9.17, 15) is 0 Å². The Kier molecular flexibility index (Phi) is 5.94. The largest absolute Gasteiger partial charge is 0.373 e. The van der Waals surface area contributed by atoms with Crippen molar-refractivity contribution in [2.45, 2.75) is 45.1 Å². The van der Waals surface area contributed by atoms with Crippen LogP contribution in [0.25, 0.3) is 0 Å². The first kappa shape index (κ1) is 13.8. The van der Waals surface area contributed by atoms with Gasteiger partial charge in [0.25, 0.3) is 0 Å². The fourth-order valence-electron chi connectivity index (χ4n) is 2.14. The molecule has 0 radical (unpaired) electrons. The van der Waals surface area contributed by atoms with Gasteiger partial charge in [-0.2, -0.15) is 0 Å². The van der Waals surface area contributed by atoms with E-state index >= 15 is 0 Å². The highest BCUT2D eigenvalue weighted by Crippen LogP contribution is 2.30. The molecule has 3 unspecified atom stereocenters. The summed E-state index contributed by atoms with van der Waals surface area (Å²) in [5, 5.41) is 0.811. The van der Waals surface area contributed by atoms with Crippen molar-refractivity contribution in [1.29, 1.82) is 0 Å². The maximum atomic E-state index is 5.94. The molecule has 0 amide bonds. The topological polar surface area (TPSA) is 9.23 Å². The van der Waals surface area contributed by atoms with Crippen molar-refractivity contribution >= 4 is 27.5 Å². The summed E-state index contributed by atoms with van der Waals surface area (Å²) in [5.74, 6) is 2.18. The van der Waals surface area contributed by atoms with Crippen LogP contribution >= 0.6 is 27.5 Å². The maximum Gasteiger partial charge on any atom is 0.0885 e. The number of rotatable bonds is 5. The SMILES string of the molecule is CC1CCCC(COC(C)(CCl)CBr)C1. The van der Waals surface area contributed by atoms with Crippen molar-refractivity contribution in [2.24, 2.45) is 11.8 Å². The molecule has 0 aromatic rings. The second-order valence-electron chi connectivity index (χ2n) is 5.17. The molecule has 1 fully saturated rings. The van der Waals surface area contributed by atoms with E-state index in [2.05, 4.69) is 29.8 Å². The van der Waals surface area contributed by atoms with Crippen LogP contribution in [0.3, 0.4) is 0 Å². The summed E-state index contributed by atoms with van der Waals surface area (Å²) in [7, 11) is 0. The third-order valence-electron chi connectivity index (χ3n) is 3.28. The molecule has 0 aromatic heterocycles. The Morgan fingerprint density at radius 3 is 2.73 bits per heavy atom. The zero-order valence-corrected chi connectivity index (χ0v) is 12.1. The summed E-state index contributed by atoms with van der Waals surface area (Å²) >= 11 is 9.36. The van der Waals surface area contributed by atoms with Gasteiger partial charge in [0.1, 0.15) is 0 Å². The Balaban J connectivity index is 2.29. The minimum Gasteiger partial charge on any atom is -0.373 e. The standard InChI is InChI=1S/C12H22BrClO/c1-10-4-3-5-11(6-10)7-15-12(2,8-13)9-14/h10-11H,3-9H2,1-2H3. The van der Waals surface area contributed by atoms with Gasteiger partial charge in [-0.25, -0.2) is 0 Å². The number of ether oxygens (including phenoxy) is 1. The first-order valence-corrected chi connectivity index (χ1v) is 7.51. The second kappa shape index (κ2) is 6.46. The van der Waals surface area contributed by atoms with Crippen molar-refractivity contribution < 1.29 is 4.74 Å². The summed E-state index contributed by atoms with van der Waals surface area (Å²) in [5.41, 5.74) is -0.192. The molecule has 15 heavy (non-hydrogen) atoms. The van der Waals surface area contributed by atoms with Gasteiger partial charge in [-0.1, -0.05) is 35.7 Å². The molecule has 1 aliphatic rings. The zero-order valence-electron chi connectivity index (χ0n) is 9.77. The van der Waals surface area contributed by atoms with Crippen molar-refractivity contribution in [2.75, 3.05) is 17.8 Å². The minimum atomic E-state index is -0.192. The lowest BCUT2D eigenvalue weighted by atomic mass is 9.83. The van der Waals surface area contributed by atoms with Crippen LogP contribution < -0.4 is 0 Å². The second-order valence-corrected chi connectivity index (χ2v) is 5.99. The van der Waals surface area contributed by atoms with Crippen LogP contribution in [0.15, 0.2) is 0 Å². The van der Waals surface area contributed by atoms with Gasteiger partial charge in [-0.15, -0.1) is 11.6 Å². The van der Waals surface area contributed by atoms with Crippen LogP contribution in [0.1, 0.15) is 39.5 Å². The maximum absolute atomic E-state index is 5.94. The lowest BCUT2D eigenvalue weighted by molar-refractivity contribution is -0.0247. The quantitative estimate of drug-likeness (QED) is 0.690. The van der Waals surface area contributed by atoms with Crippen molar-refractivity contribution in [3.8, 4) is 0 Å². The van der Waals surface area contributed by atoms with Gasteiger partial charge in [0.05, 0.1) is 18.1 Å². The van der Waals surface area contributed by atoms with Crippen LogP contribution in [-0.2, 0) is 4.74 Å². The molecule has 3 atom stereocenters. The van der Waals surface area contributed by atoms with E-state index < -0.39 is 0 Å². The van der Waals surface area contributed by atoms with E-state index in [4.69, 9.17) is 16.3 Å². The van der Waals surface area contributed by atoms with Gasteiger partial charge in [0, 0.05) is 5.33 Å². The highest BCUT2D eigenvalue weighted by Gasteiger charge is 2.26. The summed E-state index contributed by atoms with van der Waals surface area (Å²) in [6.07, 6.45) is 5.40. The lowest BCUT2D eigenvalue weighted by Crippen LogP contribution is -2.35. The predicted molar refractivity (Wildman–Crippen MR) is 70.0 cm³/mol. The monoisotopic (exact) mass is 296 g/mol. The van der Waals surface area contributed by atoms with Gasteiger partial charge in [-0.05, 0) is 31.6 Å². The van der Waals surface area contributed by atoms with Crippen molar-refractivity contribution in [1.82, 2.24) is 0 Å². The molecule has 1 aliphatic carbocycles. The Labute approximate surface area is 107 Å². The molecule has 0 aromatic carbocycles. The van der Waals surface area contributed by atoms with E-state index in [0.717, 1.165) is 23.8 Å². The minimum absolute atomic E-state index is 0.192. The average molecular weight is 298 g/mol. The van der Waals surface area contributed by atoms with Crippen LogP contribution in [0.2, 0.25) is 0 Å². The van der Waals surface area contributed by atoms with Gasteiger partial charge in [0.2, 0.25) is 0 Å². The van der Waals surface area contributed by atoms with Crippen molar-refractivity contribution in [3.05, 3.63) is 0 Å². The fraction of sp³-hybridized carbons (Fsp3) is 1.00. The Morgan fingerprint density at radius 2 is 2.20 bits per heavy atom. The Hall–Kier alpha value is 0.730. The van der Waals surface area contributed by atoms with Gasteiger partial charge in [-0.3, -0.25) is 0 Å². The predicted octanol–water partition coefficient (Wildman–Crippen LogP) is 4.22. The first-order chi connectivity index (χ1) is 7.09. The normalized spacial score (nSPS) is 31.2. The molecule has 1 saturated carbocycles. The van der Waals surface area contributed by atoms with Crippen molar-refractivity contribution in [3.63, 3.8) is 0 Å². The number of hydrogen-bond acceptors (Lipinski definition) is 1. The fourth-order valence-corrected chi connectivity index (χ4v) is 2.90. The molecule has 0 N–H and O–H groups in total. The average Bonchev–Trinajstić information content (AvgIpc) is 2.26. The van der Waals surface area contributed by atoms with Crippen LogP contribution in [0, 0.1) is 11.8 Å². The number of halogens is 2. The summed E-state index contributed by atoms with van der Waals surface area (Å²) in [4.78, 5) is 0. The number of hydrogen-bond donors (Lipinski definition) is 0. The lowest BCUT2D eigenvalue weighted by Gasteiger charge is -2.31. The van der Waals surface area contributed by atoms with E-state index in [1.54, 1.807) is 0 Å². The van der Waals surface area contributed by atoms with E-state index in [1.807, 2.05) is 0 Å². The summed E-state index contributed by atoms with van der Waals surface area (Å²) < 4.78 is 5.94. The first-order valence-electron chi connectivity index (χ1n) is 5.85. The highest BCUT2D eigenvalue weighted by molar-refractivity contribution is 9.09. The van der Waals surface area contributed by atoms with Crippen LogP contribution in [0.5, 0.6) is 0 Å². The van der Waals surface area contributed by atoms with E-state index in [0.29, 0.717) is 5.88 Å². The summed E-state index contributed by atoms with van der Waals surface area (Å²) in [6.45, 7) is 5.29. The van der Waals surface area contributed by atoms with Gasteiger partial charge < -0.3 is 4.74 Å². The highest BCUT2D eigenvalue weighted by atomic mass is 79.9. The molecule has 1 nitrogen and oxygen atoms in total. The molecule has 3 heteroatoms. The Morgan fingerprint density at radius 1 is 1.47 bits per heavy atom. The van der Waals surface area contributed by atoms with Crippen LogP contribution in [-0.4, -0.2) is 23.4 Å².